The van der Waals surface area contributed by atoms with Crippen LogP contribution in [0.4, 0.5) is 10.2 Å². The number of benzene rings is 1. The summed E-state index contributed by atoms with van der Waals surface area (Å²) in [4.78, 5) is 23.2. The maximum absolute atomic E-state index is 13.3. The molecule has 0 aliphatic carbocycles. The van der Waals surface area contributed by atoms with E-state index >= 15 is 0 Å². The predicted octanol–water partition coefficient (Wildman–Crippen LogP) is 3.73. The molecule has 7 nitrogen and oxygen atoms in total. The minimum Gasteiger partial charge on any atom is -0.462 e. The number of nitrogens with zero attached hydrogens (tertiary/aromatic N) is 4. The molecule has 4 rings (SSSR count). The van der Waals surface area contributed by atoms with Crippen molar-refractivity contribution in [2.24, 2.45) is 0 Å². The van der Waals surface area contributed by atoms with Crippen molar-refractivity contribution in [2.45, 2.75) is 25.0 Å². The maximum atomic E-state index is 13.3. The monoisotopic (exact) mass is 414 g/mol. The number of carbonyl (C=O) groups excluding carboxylic acids is 1. The normalized spacial score (nSPS) is 13.3. The smallest absolute Gasteiger partial charge is 0.343 e. The average molecular weight is 414 g/mol. The molecule has 0 atom stereocenters. The molecule has 0 bridgehead atoms. The van der Waals surface area contributed by atoms with E-state index in [2.05, 4.69) is 15.1 Å². The Morgan fingerprint density at radius 2 is 2.14 bits per heavy atom. The van der Waals surface area contributed by atoms with Crippen LogP contribution in [-0.4, -0.2) is 40.5 Å². The Bertz CT molecular complexity index is 1040. The molecule has 0 radical (unpaired) electrons. The third-order valence-electron chi connectivity index (χ3n) is 4.67. The molecule has 3 aromatic rings. The van der Waals surface area contributed by atoms with Gasteiger partial charge in [0.2, 0.25) is 0 Å². The van der Waals surface area contributed by atoms with Crippen molar-refractivity contribution in [1.29, 1.82) is 0 Å². The Hall–Kier alpha value is -2.94. The molecule has 150 valence electrons. The number of hydrogen-bond donors (Lipinski definition) is 0. The van der Waals surface area contributed by atoms with Crippen LogP contribution < -0.4 is 4.90 Å². The molecular weight excluding hydrogens is 395 g/mol. The lowest BCUT2D eigenvalue weighted by Gasteiger charge is -2.28. The van der Waals surface area contributed by atoms with Crippen LogP contribution in [0, 0.1) is 5.82 Å². The lowest BCUT2D eigenvalue weighted by atomic mass is 10.0. The third kappa shape index (κ3) is 3.82. The Morgan fingerprint density at radius 1 is 1.34 bits per heavy atom. The number of aromatic nitrogens is 3. The highest BCUT2D eigenvalue weighted by molar-refractivity contribution is 7.98. The molecule has 1 aliphatic rings. The minimum absolute atomic E-state index is 0.271. The molecule has 1 aliphatic heterocycles. The highest BCUT2D eigenvalue weighted by Crippen LogP contribution is 2.33. The summed E-state index contributed by atoms with van der Waals surface area (Å²) < 4.78 is 24.0. The van der Waals surface area contributed by atoms with E-state index in [4.69, 9.17) is 9.26 Å². The van der Waals surface area contributed by atoms with Crippen LogP contribution in [0.1, 0.15) is 28.5 Å². The third-order valence-corrected chi connectivity index (χ3v) is 5.23. The first-order valence-corrected chi connectivity index (χ1v) is 10.4. The summed E-state index contributed by atoms with van der Waals surface area (Å²) in [6.45, 7) is 3.11. The van der Waals surface area contributed by atoms with Crippen LogP contribution in [-0.2, 0) is 17.7 Å². The number of rotatable bonds is 5. The zero-order valence-electron chi connectivity index (χ0n) is 16.0. The van der Waals surface area contributed by atoms with Crippen molar-refractivity contribution in [2.75, 3.05) is 24.3 Å². The van der Waals surface area contributed by atoms with Gasteiger partial charge in [0.25, 0.3) is 0 Å². The quantitative estimate of drug-likeness (QED) is 0.355. The number of esters is 1. The highest BCUT2D eigenvalue weighted by atomic mass is 32.2. The van der Waals surface area contributed by atoms with Gasteiger partial charge in [0.05, 0.1) is 18.8 Å². The first-order valence-electron chi connectivity index (χ1n) is 9.17. The van der Waals surface area contributed by atoms with Crippen molar-refractivity contribution in [3.05, 3.63) is 53.1 Å². The summed E-state index contributed by atoms with van der Waals surface area (Å²) in [6.07, 6.45) is 4.03. The summed E-state index contributed by atoms with van der Waals surface area (Å²) in [5.41, 5.74) is 2.84. The van der Waals surface area contributed by atoms with Gasteiger partial charge in [0.15, 0.2) is 10.9 Å². The summed E-state index contributed by atoms with van der Waals surface area (Å²) in [5, 5.41) is 4.75. The fourth-order valence-electron chi connectivity index (χ4n) is 3.27. The van der Waals surface area contributed by atoms with E-state index in [-0.39, 0.29) is 12.4 Å². The summed E-state index contributed by atoms with van der Waals surface area (Å²) in [6, 6.07) is 6.10. The van der Waals surface area contributed by atoms with Crippen molar-refractivity contribution in [3.8, 4) is 11.3 Å². The van der Waals surface area contributed by atoms with E-state index in [0.717, 1.165) is 16.8 Å². The van der Waals surface area contributed by atoms with Gasteiger partial charge in [-0.05, 0) is 37.4 Å². The molecule has 0 saturated carbocycles. The molecule has 0 saturated heterocycles. The summed E-state index contributed by atoms with van der Waals surface area (Å²) in [5.74, 6) is 0.361. The maximum Gasteiger partial charge on any atom is 0.343 e. The fourth-order valence-corrected chi connectivity index (χ4v) is 3.61. The number of thioether (sulfide) groups is 1. The molecule has 0 spiro atoms. The van der Waals surface area contributed by atoms with Gasteiger partial charge in [-0.25, -0.2) is 19.2 Å². The molecule has 29 heavy (non-hydrogen) atoms. The van der Waals surface area contributed by atoms with E-state index in [0.29, 0.717) is 41.8 Å². The van der Waals surface area contributed by atoms with Crippen LogP contribution in [0.25, 0.3) is 11.3 Å². The number of hydrogen-bond acceptors (Lipinski definition) is 8. The van der Waals surface area contributed by atoms with Crippen molar-refractivity contribution >= 4 is 23.5 Å². The van der Waals surface area contributed by atoms with E-state index in [1.807, 2.05) is 11.2 Å². The molecule has 9 heteroatoms. The number of halogens is 1. The van der Waals surface area contributed by atoms with Crippen LogP contribution in [0.3, 0.4) is 0 Å². The van der Waals surface area contributed by atoms with Crippen LogP contribution >= 0.6 is 11.8 Å². The summed E-state index contributed by atoms with van der Waals surface area (Å²) in [7, 11) is 0. The van der Waals surface area contributed by atoms with Crippen molar-refractivity contribution < 1.29 is 18.4 Å². The zero-order valence-corrected chi connectivity index (χ0v) is 16.8. The van der Waals surface area contributed by atoms with Crippen LogP contribution in [0.2, 0.25) is 0 Å². The molecule has 0 unspecified atom stereocenters. The van der Waals surface area contributed by atoms with Gasteiger partial charge in [0.1, 0.15) is 17.2 Å². The molecule has 1 aromatic carbocycles. The SMILES string of the molecule is CCOC(=O)c1cnc(SC)nc1N1CCc2noc(-c3ccc(F)cc3)c2C1. The molecule has 0 N–H and O–H groups in total. The van der Waals surface area contributed by atoms with Crippen LogP contribution in [0.5, 0.6) is 0 Å². The van der Waals surface area contributed by atoms with Gasteiger partial charge >= 0.3 is 5.97 Å². The van der Waals surface area contributed by atoms with Gasteiger partial charge in [-0.1, -0.05) is 16.9 Å². The molecular formula is C20H19FN4O3S. The Balaban J connectivity index is 1.71. The van der Waals surface area contributed by atoms with E-state index in [9.17, 15) is 9.18 Å². The highest BCUT2D eigenvalue weighted by Gasteiger charge is 2.29. The van der Waals surface area contributed by atoms with Gasteiger partial charge in [0, 0.05) is 30.3 Å². The first-order chi connectivity index (χ1) is 14.1. The van der Waals surface area contributed by atoms with Crippen molar-refractivity contribution in [3.63, 3.8) is 0 Å². The van der Waals surface area contributed by atoms with E-state index in [1.165, 1.54) is 30.1 Å². The minimum atomic E-state index is -0.454. The standard InChI is InChI=1S/C20H19FN4O3S/c1-3-27-19(26)14-10-22-20(29-2)23-18(14)25-9-8-16-15(11-25)17(28-24-16)12-4-6-13(21)7-5-12/h4-7,10H,3,8-9,11H2,1-2H3. The molecule has 2 aromatic heterocycles. The molecule has 0 fully saturated rings. The lowest BCUT2D eigenvalue weighted by Crippen LogP contribution is -2.32. The topological polar surface area (TPSA) is 81.4 Å². The Morgan fingerprint density at radius 3 is 2.86 bits per heavy atom. The first kappa shape index (κ1) is 19.4. The van der Waals surface area contributed by atoms with E-state index < -0.39 is 5.97 Å². The van der Waals surface area contributed by atoms with Crippen molar-refractivity contribution in [1.82, 2.24) is 15.1 Å². The Kier molecular flexibility index (Phi) is 5.48. The summed E-state index contributed by atoms with van der Waals surface area (Å²) >= 11 is 1.40. The van der Waals surface area contributed by atoms with E-state index in [1.54, 1.807) is 19.1 Å². The van der Waals surface area contributed by atoms with Gasteiger partial charge in [-0.15, -0.1) is 0 Å². The average Bonchev–Trinajstić information content (AvgIpc) is 3.17. The number of anilines is 1. The van der Waals surface area contributed by atoms with Gasteiger partial charge in [-0.2, -0.15) is 0 Å². The number of fused-ring (bicyclic) bond motifs is 1. The lowest BCUT2D eigenvalue weighted by molar-refractivity contribution is 0.0526. The second-order valence-electron chi connectivity index (χ2n) is 6.43. The van der Waals surface area contributed by atoms with Crippen LogP contribution in [0.15, 0.2) is 40.1 Å². The Labute approximate surface area is 171 Å². The number of carbonyl (C=O) groups is 1. The second-order valence-corrected chi connectivity index (χ2v) is 7.20. The predicted molar refractivity (Wildman–Crippen MR) is 106 cm³/mol. The van der Waals surface area contributed by atoms with Gasteiger partial charge < -0.3 is 14.2 Å². The molecule has 3 heterocycles. The van der Waals surface area contributed by atoms with Gasteiger partial charge in [-0.3, -0.25) is 0 Å². The number of ether oxygens (including phenoxy) is 1. The zero-order chi connectivity index (χ0) is 20.4. The fraction of sp³-hybridized carbons (Fsp3) is 0.300. The largest absolute Gasteiger partial charge is 0.462 e. The second kappa shape index (κ2) is 8.20. The molecule has 0 amide bonds.